The van der Waals surface area contributed by atoms with Gasteiger partial charge < -0.3 is 19.5 Å². The van der Waals surface area contributed by atoms with Crippen molar-refractivity contribution in [3.05, 3.63) is 42.0 Å². The number of ether oxygens (including phenoxy) is 1. The minimum atomic E-state index is -3.42. The number of rotatable bonds is 7. The van der Waals surface area contributed by atoms with E-state index in [2.05, 4.69) is 0 Å². The van der Waals surface area contributed by atoms with Crippen molar-refractivity contribution in [1.29, 1.82) is 0 Å². The van der Waals surface area contributed by atoms with Gasteiger partial charge in [0.15, 0.2) is 0 Å². The number of hydrogen-bond donors (Lipinski definition) is 1. The van der Waals surface area contributed by atoms with Crippen LogP contribution in [-0.2, 0) is 13.6 Å². The number of fused-ring (bicyclic) bond motifs is 1. The summed E-state index contributed by atoms with van der Waals surface area (Å²) >= 11 is 0. The van der Waals surface area contributed by atoms with E-state index in [0.29, 0.717) is 0 Å². The molecule has 22 heavy (non-hydrogen) atoms. The predicted octanol–water partition coefficient (Wildman–Crippen LogP) is 4.07. The van der Waals surface area contributed by atoms with E-state index >= 15 is 0 Å². The van der Waals surface area contributed by atoms with Crippen molar-refractivity contribution in [2.45, 2.75) is 19.6 Å². The molecule has 0 fully saturated rings. The summed E-state index contributed by atoms with van der Waals surface area (Å²) in [6, 6.07) is 11.3. The zero-order chi connectivity index (χ0) is 16.2. The number of hydrogen-bond acceptors (Lipinski definition) is 5. The van der Waals surface area contributed by atoms with E-state index < -0.39 is 13.4 Å². The molecule has 5 nitrogen and oxygen atoms in total. The highest BCUT2D eigenvalue weighted by molar-refractivity contribution is 7.54. The van der Waals surface area contributed by atoms with Crippen molar-refractivity contribution >= 4 is 18.4 Å². The zero-order valence-electron chi connectivity index (χ0n) is 13.1. The van der Waals surface area contributed by atoms with Crippen LogP contribution in [0.5, 0.6) is 5.75 Å². The third kappa shape index (κ3) is 3.18. The van der Waals surface area contributed by atoms with Crippen molar-refractivity contribution in [1.82, 2.24) is 0 Å². The van der Waals surface area contributed by atoms with Gasteiger partial charge in [0.2, 0.25) is 0 Å². The second-order valence-electron chi connectivity index (χ2n) is 4.72. The first kappa shape index (κ1) is 17.0. The highest BCUT2D eigenvalue weighted by Crippen LogP contribution is 2.59. The Morgan fingerprint density at radius 3 is 2.18 bits per heavy atom. The molecule has 6 heteroatoms. The topological polar surface area (TPSA) is 70.8 Å². The first-order chi connectivity index (χ1) is 10.6. The van der Waals surface area contributed by atoms with Crippen LogP contribution in [0.4, 0.5) is 0 Å². The summed E-state index contributed by atoms with van der Waals surface area (Å²) in [5, 5.41) is 1.80. The van der Waals surface area contributed by atoms with Gasteiger partial charge in [0.25, 0.3) is 0 Å². The van der Waals surface area contributed by atoms with E-state index in [1.807, 2.05) is 36.4 Å². The molecule has 0 aliphatic carbocycles. The van der Waals surface area contributed by atoms with Gasteiger partial charge in [-0.05, 0) is 30.9 Å². The van der Waals surface area contributed by atoms with Crippen LogP contribution in [0.15, 0.2) is 36.4 Å². The Labute approximate surface area is 130 Å². The van der Waals surface area contributed by atoms with Gasteiger partial charge in [-0.25, -0.2) is 0 Å². The summed E-state index contributed by atoms with van der Waals surface area (Å²) < 4.78 is 29.0. The summed E-state index contributed by atoms with van der Waals surface area (Å²) in [5.41, 5.74) is 6.97. The van der Waals surface area contributed by atoms with Gasteiger partial charge in [-0.3, -0.25) is 4.57 Å². The molecule has 0 bridgehead atoms. The third-order valence-electron chi connectivity index (χ3n) is 3.42. The van der Waals surface area contributed by atoms with Crippen molar-refractivity contribution in [2.75, 3.05) is 20.3 Å². The van der Waals surface area contributed by atoms with E-state index in [4.69, 9.17) is 19.5 Å². The quantitative estimate of drug-likeness (QED) is 0.778. The van der Waals surface area contributed by atoms with Crippen LogP contribution >= 0.6 is 7.60 Å². The normalized spacial score (nSPS) is 13.3. The monoisotopic (exact) mass is 323 g/mol. The van der Waals surface area contributed by atoms with E-state index in [-0.39, 0.29) is 13.2 Å². The van der Waals surface area contributed by atoms with Crippen LogP contribution in [0, 0.1) is 0 Å². The average molecular weight is 323 g/mol. The second kappa shape index (κ2) is 7.25. The van der Waals surface area contributed by atoms with Gasteiger partial charge in [-0.15, -0.1) is 0 Å². The van der Waals surface area contributed by atoms with Gasteiger partial charge in [-0.2, -0.15) is 0 Å². The minimum absolute atomic E-state index is 0.277. The molecule has 0 spiro atoms. The number of nitrogens with two attached hydrogens (primary N) is 1. The molecule has 0 radical (unpaired) electrons. The predicted molar refractivity (Wildman–Crippen MR) is 88.3 cm³/mol. The summed E-state index contributed by atoms with van der Waals surface area (Å²) in [7, 11) is -1.81. The molecule has 1 atom stereocenters. The average Bonchev–Trinajstić information content (AvgIpc) is 2.53. The molecule has 2 aromatic carbocycles. The SMILES string of the molecule is CCOP(=O)(OCC)[C@H](N)c1ccc(OC)c2ccccc12. The molecule has 120 valence electrons. The van der Waals surface area contributed by atoms with Gasteiger partial charge in [-0.1, -0.05) is 30.3 Å². The molecule has 0 aromatic heterocycles. The highest BCUT2D eigenvalue weighted by Gasteiger charge is 2.35. The second-order valence-corrected chi connectivity index (χ2v) is 6.88. The Bertz CT molecular complexity index is 679. The summed E-state index contributed by atoms with van der Waals surface area (Å²) in [5.74, 6) is -0.0996. The van der Waals surface area contributed by atoms with Gasteiger partial charge in [0.1, 0.15) is 11.5 Å². The lowest BCUT2D eigenvalue weighted by molar-refractivity contribution is 0.212. The molecule has 0 saturated carbocycles. The Kier molecular flexibility index (Phi) is 5.59. The Hall–Kier alpha value is -1.39. The molecule has 0 aliphatic heterocycles. The van der Waals surface area contributed by atoms with E-state index in [1.54, 1.807) is 21.0 Å². The van der Waals surface area contributed by atoms with Crippen LogP contribution in [-0.4, -0.2) is 20.3 Å². The molecular formula is C16H22NO4P. The Balaban J connectivity index is 2.56. The fraction of sp³-hybridized carbons (Fsp3) is 0.375. The molecule has 0 amide bonds. The maximum atomic E-state index is 12.9. The lowest BCUT2D eigenvalue weighted by atomic mass is 10.0. The molecule has 2 rings (SSSR count). The van der Waals surface area contributed by atoms with Gasteiger partial charge in [0, 0.05) is 5.39 Å². The zero-order valence-corrected chi connectivity index (χ0v) is 14.0. The standard InChI is InChI=1S/C16H22NO4P/c1-4-20-22(18,21-5-2)16(17)14-10-11-15(19-3)13-9-7-6-8-12(13)14/h6-11,16H,4-5,17H2,1-3H3/t16-/m0/s1. The van der Waals surface area contributed by atoms with Crippen molar-refractivity contribution < 1.29 is 18.3 Å². The van der Waals surface area contributed by atoms with Crippen molar-refractivity contribution in [3.8, 4) is 5.75 Å². The van der Waals surface area contributed by atoms with Crippen molar-refractivity contribution in [3.63, 3.8) is 0 Å². The molecule has 0 saturated heterocycles. The van der Waals surface area contributed by atoms with Crippen LogP contribution in [0.1, 0.15) is 25.2 Å². The lowest BCUT2D eigenvalue weighted by Gasteiger charge is -2.24. The summed E-state index contributed by atoms with van der Waals surface area (Å²) in [6.45, 7) is 4.09. The molecule has 0 aliphatic rings. The van der Waals surface area contributed by atoms with Crippen LogP contribution < -0.4 is 10.5 Å². The van der Waals surface area contributed by atoms with Crippen LogP contribution in [0.3, 0.4) is 0 Å². The molecule has 2 N–H and O–H groups in total. The first-order valence-corrected chi connectivity index (χ1v) is 8.88. The Morgan fingerprint density at radius 1 is 1.05 bits per heavy atom. The fourth-order valence-corrected chi connectivity index (χ4v) is 4.14. The third-order valence-corrected chi connectivity index (χ3v) is 5.61. The Morgan fingerprint density at radius 2 is 1.64 bits per heavy atom. The van der Waals surface area contributed by atoms with E-state index in [1.165, 1.54) is 0 Å². The molecule has 2 aromatic rings. The van der Waals surface area contributed by atoms with Crippen LogP contribution in [0.2, 0.25) is 0 Å². The molecule has 0 unspecified atom stereocenters. The molecular weight excluding hydrogens is 301 g/mol. The van der Waals surface area contributed by atoms with E-state index in [9.17, 15) is 4.57 Å². The largest absolute Gasteiger partial charge is 0.496 e. The maximum Gasteiger partial charge on any atom is 0.351 e. The first-order valence-electron chi connectivity index (χ1n) is 7.27. The lowest BCUT2D eigenvalue weighted by Crippen LogP contribution is -2.15. The summed E-state index contributed by atoms with van der Waals surface area (Å²) in [4.78, 5) is 0. The molecule has 0 heterocycles. The maximum absolute atomic E-state index is 12.9. The minimum Gasteiger partial charge on any atom is -0.496 e. The van der Waals surface area contributed by atoms with Gasteiger partial charge in [0.05, 0.1) is 20.3 Å². The fourth-order valence-electron chi connectivity index (χ4n) is 2.46. The van der Waals surface area contributed by atoms with E-state index in [0.717, 1.165) is 22.1 Å². The summed E-state index contributed by atoms with van der Waals surface area (Å²) in [6.07, 6.45) is 0. The van der Waals surface area contributed by atoms with Crippen LogP contribution in [0.25, 0.3) is 10.8 Å². The number of methoxy groups -OCH3 is 1. The van der Waals surface area contributed by atoms with Crippen molar-refractivity contribution in [2.24, 2.45) is 5.73 Å². The number of benzene rings is 2. The van der Waals surface area contributed by atoms with Gasteiger partial charge >= 0.3 is 7.60 Å². The highest BCUT2D eigenvalue weighted by atomic mass is 31.2. The smallest absolute Gasteiger partial charge is 0.351 e.